The Bertz CT molecular complexity index is 971. The van der Waals surface area contributed by atoms with E-state index in [-0.39, 0.29) is 42.1 Å². The molecule has 1 amide bonds. The third-order valence-electron chi connectivity index (χ3n) is 4.80. The molecular weight excluding hydrogens is 388 g/mol. The summed E-state index contributed by atoms with van der Waals surface area (Å²) in [6, 6.07) is 6.82. The first-order chi connectivity index (χ1) is 14.3. The van der Waals surface area contributed by atoms with E-state index in [0.717, 1.165) is 0 Å². The number of Topliss-reactive ketones (excluding diaryl/α,β-unsaturated/α-hetero) is 1. The van der Waals surface area contributed by atoms with E-state index < -0.39 is 17.7 Å². The van der Waals surface area contributed by atoms with E-state index in [1.165, 1.54) is 30.5 Å². The molecular formula is C22H24N2O6. The summed E-state index contributed by atoms with van der Waals surface area (Å²) in [5.74, 6) is -1.72. The highest BCUT2D eigenvalue weighted by atomic mass is 16.5. The number of ether oxygens (including phenoxy) is 2. The fourth-order valence-electron chi connectivity index (χ4n) is 3.39. The van der Waals surface area contributed by atoms with Crippen LogP contribution in [0.4, 0.5) is 0 Å². The third-order valence-corrected chi connectivity index (χ3v) is 4.80. The number of phenolic OH excluding ortho intramolecular Hbond substituents is 1. The first-order valence-corrected chi connectivity index (χ1v) is 9.52. The van der Waals surface area contributed by atoms with Gasteiger partial charge in [0.15, 0.2) is 11.5 Å². The molecule has 0 bridgehead atoms. The number of benzene rings is 1. The Labute approximate surface area is 174 Å². The van der Waals surface area contributed by atoms with Crippen LogP contribution in [0.5, 0.6) is 11.5 Å². The van der Waals surface area contributed by atoms with Crippen LogP contribution in [0.3, 0.4) is 0 Å². The van der Waals surface area contributed by atoms with Crippen molar-refractivity contribution in [1.82, 2.24) is 9.88 Å². The second-order valence-electron chi connectivity index (χ2n) is 7.08. The molecule has 1 saturated heterocycles. The molecule has 1 aromatic carbocycles. The van der Waals surface area contributed by atoms with Crippen LogP contribution in [0.1, 0.15) is 31.0 Å². The van der Waals surface area contributed by atoms with Crippen molar-refractivity contribution in [1.29, 1.82) is 0 Å². The fraction of sp³-hybridized carbons (Fsp3) is 0.318. The number of likely N-dealkylation sites (tertiary alicyclic amines) is 1. The number of aliphatic hydroxyl groups is 1. The van der Waals surface area contributed by atoms with Crippen LogP contribution >= 0.6 is 0 Å². The molecule has 2 heterocycles. The topological polar surface area (TPSA) is 109 Å². The summed E-state index contributed by atoms with van der Waals surface area (Å²) >= 11 is 0. The van der Waals surface area contributed by atoms with E-state index >= 15 is 0 Å². The number of phenols is 1. The summed E-state index contributed by atoms with van der Waals surface area (Å²) < 4.78 is 10.6. The number of pyridine rings is 1. The van der Waals surface area contributed by atoms with Gasteiger partial charge in [-0.25, -0.2) is 0 Å². The van der Waals surface area contributed by atoms with Gasteiger partial charge in [-0.1, -0.05) is 6.07 Å². The zero-order valence-electron chi connectivity index (χ0n) is 17.0. The van der Waals surface area contributed by atoms with E-state index in [2.05, 4.69) is 4.98 Å². The second-order valence-corrected chi connectivity index (χ2v) is 7.08. The Morgan fingerprint density at radius 1 is 1.20 bits per heavy atom. The lowest BCUT2D eigenvalue weighted by Crippen LogP contribution is -2.33. The summed E-state index contributed by atoms with van der Waals surface area (Å²) in [4.78, 5) is 30.9. The first-order valence-electron chi connectivity index (χ1n) is 9.52. The van der Waals surface area contributed by atoms with Gasteiger partial charge in [-0.3, -0.25) is 14.6 Å². The molecule has 0 aliphatic carbocycles. The Balaban J connectivity index is 2.11. The lowest BCUT2D eigenvalue weighted by Gasteiger charge is -2.26. The molecule has 2 N–H and O–H groups in total. The van der Waals surface area contributed by atoms with E-state index in [1.807, 2.05) is 13.8 Å². The van der Waals surface area contributed by atoms with Crippen molar-refractivity contribution < 1.29 is 29.3 Å². The molecule has 1 aliphatic rings. The average molecular weight is 412 g/mol. The van der Waals surface area contributed by atoms with Crippen LogP contribution in [0, 0.1) is 0 Å². The molecule has 1 aliphatic heterocycles. The molecule has 1 unspecified atom stereocenters. The Morgan fingerprint density at radius 3 is 2.50 bits per heavy atom. The number of rotatable bonds is 7. The van der Waals surface area contributed by atoms with Gasteiger partial charge in [-0.05, 0) is 43.7 Å². The molecule has 0 spiro atoms. The second kappa shape index (κ2) is 8.96. The molecule has 0 radical (unpaired) electrons. The number of hydrogen-bond donors (Lipinski definition) is 2. The van der Waals surface area contributed by atoms with Crippen molar-refractivity contribution in [3.63, 3.8) is 0 Å². The average Bonchev–Trinajstić information content (AvgIpc) is 2.98. The molecule has 30 heavy (non-hydrogen) atoms. The van der Waals surface area contributed by atoms with Gasteiger partial charge in [-0.2, -0.15) is 0 Å². The number of aliphatic hydroxyl groups excluding tert-OH is 1. The van der Waals surface area contributed by atoms with Crippen molar-refractivity contribution in [2.45, 2.75) is 26.0 Å². The number of methoxy groups -OCH3 is 1. The minimum atomic E-state index is -0.884. The van der Waals surface area contributed by atoms with Gasteiger partial charge in [0.2, 0.25) is 0 Å². The van der Waals surface area contributed by atoms with Crippen LogP contribution < -0.4 is 4.74 Å². The third kappa shape index (κ3) is 4.13. The Hall–Kier alpha value is -3.39. The van der Waals surface area contributed by atoms with Crippen LogP contribution in [-0.2, 0) is 14.3 Å². The number of aromatic hydroxyl groups is 1. The maximum Gasteiger partial charge on any atom is 0.295 e. The maximum absolute atomic E-state index is 12.9. The summed E-state index contributed by atoms with van der Waals surface area (Å²) in [5, 5.41) is 21.1. The van der Waals surface area contributed by atoms with Gasteiger partial charge < -0.3 is 24.6 Å². The summed E-state index contributed by atoms with van der Waals surface area (Å²) in [6.45, 7) is 4.11. The highest BCUT2D eigenvalue weighted by Gasteiger charge is 2.46. The number of hydrogen-bond acceptors (Lipinski definition) is 7. The van der Waals surface area contributed by atoms with Crippen molar-refractivity contribution in [2.75, 3.05) is 20.3 Å². The minimum Gasteiger partial charge on any atom is -0.507 e. The Morgan fingerprint density at radius 2 is 1.90 bits per heavy atom. The molecule has 1 aromatic heterocycles. The molecule has 158 valence electrons. The van der Waals surface area contributed by atoms with E-state index in [1.54, 1.807) is 24.3 Å². The van der Waals surface area contributed by atoms with Crippen molar-refractivity contribution >= 4 is 17.4 Å². The van der Waals surface area contributed by atoms with Crippen molar-refractivity contribution in [3.05, 3.63) is 59.4 Å². The number of aromatic nitrogens is 1. The van der Waals surface area contributed by atoms with Gasteiger partial charge >= 0.3 is 0 Å². The van der Waals surface area contributed by atoms with Gasteiger partial charge in [0.1, 0.15) is 5.76 Å². The molecule has 8 heteroatoms. The molecule has 8 nitrogen and oxygen atoms in total. The lowest BCUT2D eigenvalue weighted by molar-refractivity contribution is -0.140. The zero-order chi connectivity index (χ0) is 21.8. The van der Waals surface area contributed by atoms with Crippen molar-refractivity contribution in [3.8, 4) is 11.5 Å². The summed E-state index contributed by atoms with van der Waals surface area (Å²) in [6.07, 6.45) is 2.92. The smallest absolute Gasteiger partial charge is 0.295 e. The molecule has 1 atom stereocenters. The molecule has 0 saturated carbocycles. The largest absolute Gasteiger partial charge is 0.507 e. The zero-order valence-corrected chi connectivity index (χ0v) is 17.0. The fourth-order valence-corrected chi connectivity index (χ4v) is 3.39. The lowest BCUT2D eigenvalue weighted by atomic mass is 9.95. The molecule has 3 rings (SSSR count). The summed E-state index contributed by atoms with van der Waals surface area (Å²) in [5.41, 5.74) is 0.775. The number of carbonyl (C=O) groups is 2. The molecule has 1 fully saturated rings. The highest BCUT2D eigenvalue weighted by molar-refractivity contribution is 6.46. The van der Waals surface area contributed by atoms with Crippen LogP contribution in [-0.4, -0.2) is 58.2 Å². The SMILES string of the molecule is COc1ccc(C2/C(=C(/O)c3ccncc3)C(=O)C(=O)N2CCOC(C)C)cc1O. The predicted octanol–water partition coefficient (Wildman–Crippen LogP) is 2.64. The van der Waals surface area contributed by atoms with Crippen LogP contribution in [0.2, 0.25) is 0 Å². The predicted molar refractivity (Wildman–Crippen MR) is 109 cm³/mol. The van der Waals surface area contributed by atoms with Gasteiger partial charge in [0, 0.05) is 24.5 Å². The number of nitrogens with zero attached hydrogens (tertiary/aromatic N) is 2. The summed E-state index contributed by atoms with van der Waals surface area (Å²) in [7, 11) is 1.42. The number of amides is 1. The van der Waals surface area contributed by atoms with Crippen LogP contribution in [0.25, 0.3) is 5.76 Å². The number of ketones is 1. The van der Waals surface area contributed by atoms with Crippen LogP contribution in [0.15, 0.2) is 48.3 Å². The molecule has 2 aromatic rings. The van der Waals surface area contributed by atoms with E-state index in [4.69, 9.17) is 9.47 Å². The van der Waals surface area contributed by atoms with Crippen molar-refractivity contribution in [2.24, 2.45) is 0 Å². The maximum atomic E-state index is 12.9. The first kappa shape index (κ1) is 21.3. The minimum absolute atomic E-state index is 0.0397. The standard InChI is InChI=1S/C22H24N2O6/c1-13(2)30-11-10-24-19(15-4-5-17(29-3)16(25)12-15)18(21(27)22(24)28)20(26)14-6-8-23-9-7-14/h4-9,12-13,19,25-26H,10-11H2,1-3H3/b20-18-. The monoisotopic (exact) mass is 412 g/mol. The van der Waals surface area contributed by atoms with Gasteiger partial charge in [-0.15, -0.1) is 0 Å². The van der Waals surface area contributed by atoms with E-state index in [0.29, 0.717) is 11.1 Å². The highest BCUT2D eigenvalue weighted by Crippen LogP contribution is 2.41. The van der Waals surface area contributed by atoms with Gasteiger partial charge in [0.05, 0.1) is 31.4 Å². The normalized spacial score (nSPS) is 18.3. The van der Waals surface area contributed by atoms with Gasteiger partial charge in [0.25, 0.3) is 11.7 Å². The van der Waals surface area contributed by atoms with E-state index in [9.17, 15) is 19.8 Å². The number of carbonyl (C=O) groups excluding carboxylic acids is 2. The Kier molecular flexibility index (Phi) is 6.37. The quantitative estimate of drug-likeness (QED) is 0.409.